The second kappa shape index (κ2) is 7.90. The van der Waals surface area contributed by atoms with E-state index in [-0.39, 0.29) is 24.2 Å². The number of H-pyrrole nitrogens is 1. The van der Waals surface area contributed by atoms with Gasteiger partial charge < -0.3 is 15.4 Å². The van der Waals surface area contributed by atoms with Gasteiger partial charge in [0.1, 0.15) is 18.1 Å². The van der Waals surface area contributed by atoms with Crippen LogP contribution < -0.4 is 15.4 Å². The van der Waals surface area contributed by atoms with Crippen molar-refractivity contribution in [3.8, 4) is 5.75 Å². The smallest absolute Gasteiger partial charge is 0.269 e. The first-order chi connectivity index (χ1) is 13.1. The van der Waals surface area contributed by atoms with Crippen molar-refractivity contribution in [2.75, 3.05) is 19.0 Å². The molecule has 2 aromatic rings. The predicted octanol–water partition coefficient (Wildman–Crippen LogP) is 2.54. The maximum atomic E-state index is 12.2. The number of nitrogens with one attached hydrogen (secondary N) is 3. The second-order valence-corrected chi connectivity index (χ2v) is 6.20. The molecule has 2 heterocycles. The normalized spacial score (nSPS) is 15.4. The number of hydrogen-bond donors (Lipinski definition) is 3. The summed E-state index contributed by atoms with van der Waals surface area (Å²) < 4.78 is 5.71. The molecule has 0 bridgehead atoms. The van der Waals surface area contributed by atoms with Gasteiger partial charge in [-0.1, -0.05) is 30.9 Å². The van der Waals surface area contributed by atoms with Crippen LogP contribution in [0.5, 0.6) is 5.75 Å². The maximum Gasteiger partial charge on any atom is 0.269 e. The Bertz CT molecular complexity index is 901. The maximum absolute atomic E-state index is 12.2. The highest BCUT2D eigenvalue weighted by atomic mass is 16.5. The topological polar surface area (TPSA) is 96.1 Å². The summed E-state index contributed by atoms with van der Waals surface area (Å²) >= 11 is 0. The van der Waals surface area contributed by atoms with Crippen molar-refractivity contribution in [1.82, 2.24) is 15.5 Å². The number of rotatable bonds is 7. The van der Waals surface area contributed by atoms with Gasteiger partial charge >= 0.3 is 0 Å². The molecule has 1 aromatic carbocycles. The zero-order chi connectivity index (χ0) is 19.4. The number of anilines is 1. The Balaban J connectivity index is 2.06. The quantitative estimate of drug-likeness (QED) is 0.656. The Morgan fingerprint density at radius 3 is 2.93 bits per heavy atom. The molecule has 0 aliphatic carbocycles. The number of fused-ring (bicyclic) bond motifs is 1. The summed E-state index contributed by atoms with van der Waals surface area (Å²) in [6.07, 6.45) is 4.34. The lowest BCUT2D eigenvalue weighted by atomic mass is 9.84. The predicted molar refractivity (Wildman–Crippen MR) is 103 cm³/mol. The molecule has 0 saturated heterocycles. The molecular weight excluding hydrogens is 344 g/mol. The summed E-state index contributed by atoms with van der Waals surface area (Å²) in [5.41, 5.74) is 2.93. The monoisotopic (exact) mass is 366 g/mol. The number of aromatic nitrogens is 2. The molecule has 7 nitrogen and oxygen atoms in total. The van der Waals surface area contributed by atoms with Gasteiger partial charge in [-0.15, -0.1) is 6.58 Å². The molecule has 7 heteroatoms. The van der Waals surface area contributed by atoms with Crippen molar-refractivity contribution in [3.63, 3.8) is 0 Å². The van der Waals surface area contributed by atoms with E-state index in [0.29, 0.717) is 30.1 Å². The van der Waals surface area contributed by atoms with Crippen LogP contribution in [0.3, 0.4) is 0 Å². The first kappa shape index (κ1) is 18.4. The van der Waals surface area contributed by atoms with E-state index in [1.54, 1.807) is 19.2 Å². The lowest BCUT2D eigenvalue weighted by Crippen LogP contribution is -2.26. The molecule has 27 heavy (non-hydrogen) atoms. The van der Waals surface area contributed by atoms with Crippen molar-refractivity contribution in [2.24, 2.45) is 0 Å². The molecule has 0 fully saturated rings. The van der Waals surface area contributed by atoms with Crippen molar-refractivity contribution < 1.29 is 14.3 Å². The molecule has 3 N–H and O–H groups in total. The molecule has 1 atom stereocenters. The molecule has 3 rings (SSSR count). The molecule has 1 aliphatic heterocycles. The summed E-state index contributed by atoms with van der Waals surface area (Å²) in [7, 11) is 1.56. The van der Waals surface area contributed by atoms with Crippen molar-refractivity contribution in [2.45, 2.75) is 18.8 Å². The number of aromatic amines is 1. The SMILES string of the molecule is C=CCOc1ccc([C@@H]2CC(=O)Nc3n[nH]c(C(=O)NC)c32)cc1CC=C. The first-order valence-electron chi connectivity index (χ1n) is 8.66. The van der Waals surface area contributed by atoms with Gasteiger partial charge in [-0.2, -0.15) is 5.10 Å². The molecule has 2 amide bonds. The van der Waals surface area contributed by atoms with E-state index in [1.807, 2.05) is 18.2 Å². The van der Waals surface area contributed by atoms with Crippen molar-refractivity contribution in [3.05, 3.63) is 65.9 Å². The highest BCUT2D eigenvalue weighted by molar-refractivity contribution is 6.00. The number of carbonyl (C=O) groups excluding carboxylic acids is 2. The number of nitrogens with zero attached hydrogens (tertiary/aromatic N) is 1. The highest BCUT2D eigenvalue weighted by Crippen LogP contribution is 2.39. The highest BCUT2D eigenvalue weighted by Gasteiger charge is 2.33. The van der Waals surface area contributed by atoms with Gasteiger partial charge in [-0.05, 0) is 23.6 Å². The van der Waals surface area contributed by atoms with Crippen LogP contribution in [-0.4, -0.2) is 35.7 Å². The average molecular weight is 366 g/mol. The summed E-state index contributed by atoms with van der Waals surface area (Å²) in [6.45, 7) is 7.87. The third-order valence-electron chi connectivity index (χ3n) is 4.46. The summed E-state index contributed by atoms with van der Waals surface area (Å²) in [4.78, 5) is 24.4. The van der Waals surface area contributed by atoms with Gasteiger partial charge in [0.05, 0.1) is 0 Å². The second-order valence-electron chi connectivity index (χ2n) is 6.20. The molecule has 1 aromatic heterocycles. The summed E-state index contributed by atoms with van der Waals surface area (Å²) in [5, 5.41) is 12.2. The Morgan fingerprint density at radius 1 is 1.41 bits per heavy atom. The Labute approximate surface area is 157 Å². The van der Waals surface area contributed by atoms with Crippen LogP contribution in [0, 0.1) is 0 Å². The van der Waals surface area contributed by atoms with Crippen LogP contribution in [0.15, 0.2) is 43.5 Å². The number of allylic oxidation sites excluding steroid dienone is 1. The van der Waals surface area contributed by atoms with E-state index in [0.717, 1.165) is 16.9 Å². The zero-order valence-corrected chi connectivity index (χ0v) is 15.2. The van der Waals surface area contributed by atoms with Gasteiger partial charge in [-0.25, -0.2) is 0 Å². The number of ether oxygens (including phenoxy) is 1. The molecule has 0 saturated carbocycles. The third-order valence-corrected chi connectivity index (χ3v) is 4.46. The Morgan fingerprint density at radius 2 is 2.22 bits per heavy atom. The van der Waals surface area contributed by atoms with Crippen molar-refractivity contribution in [1.29, 1.82) is 0 Å². The third kappa shape index (κ3) is 3.62. The molecule has 140 valence electrons. The minimum Gasteiger partial charge on any atom is -0.489 e. The summed E-state index contributed by atoms with van der Waals surface area (Å²) in [5.74, 6) is 0.448. The van der Waals surface area contributed by atoms with Crippen LogP contribution in [0.25, 0.3) is 0 Å². The fourth-order valence-corrected chi connectivity index (χ4v) is 3.26. The minimum absolute atomic E-state index is 0.139. The Hall–Kier alpha value is -3.35. The van der Waals surface area contributed by atoms with E-state index >= 15 is 0 Å². The Kier molecular flexibility index (Phi) is 5.40. The molecule has 1 aliphatic rings. The van der Waals surface area contributed by atoms with E-state index in [9.17, 15) is 9.59 Å². The van der Waals surface area contributed by atoms with Gasteiger partial charge in [0.2, 0.25) is 5.91 Å². The van der Waals surface area contributed by atoms with Crippen LogP contribution in [0.2, 0.25) is 0 Å². The lowest BCUT2D eigenvalue weighted by molar-refractivity contribution is -0.116. The van der Waals surface area contributed by atoms with Crippen LogP contribution in [0.1, 0.15) is 39.5 Å². The largest absolute Gasteiger partial charge is 0.489 e. The van der Waals surface area contributed by atoms with Gasteiger partial charge in [0.15, 0.2) is 5.82 Å². The fraction of sp³-hybridized carbons (Fsp3) is 0.250. The number of benzene rings is 1. The van der Waals surface area contributed by atoms with Gasteiger partial charge in [0, 0.05) is 24.9 Å². The number of carbonyl (C=O) groups is 2. The van der Waals surface area contributed by atoms with E-state index in [1.165, 1.54) is 0 Å². The van der Waals surface area contributed by atoms with Crippen LogP contribution in [0.4, 0.5) is 5.82 Å². The molecule has 0 unspecified atom stereocenters. The lowest BCUT2D eigenvalue weighted by Gasteiger charge is -2.24. The van der Waals surface area contributed by atoms with E-state index < -0.39 is 0 Å². The zero-order valence-electron chi connectivity index (χ0n) is 15.2. The molecule has 0 radical (unpaired) electrons. The summed E-state index contributed by atoms with van der Waals surface area (Å²) in [6, 6.07) is 5.79. The number of amides is 2. The molecular formula is C20H22N4O3. The first-order valence-corrected chi connectivity index (χ1v) is 8.66. The minimum atomic E-state index is -0.281. The average Bonchev–Trinajstić information content (AvgIpc) is 3.09. The van der Waals surface area contributed by atoms with Gasteiger partial charge in [0.25, 0.3) is 5.91 Å². The van der Waals surface area contributed by atoms with E-state index in [4.69, 9.17) is 4.74 Å². The van der Waals surface area contributed by atoms with Crippen molar-refractivity contribution >= 4 is 17.6 Å². The van der Waals surface area contributed by atoms with Crippen LogP contribution >= 0.6 is 0 Å². The fourth-order valence-electron chi connectivity index (χ4n) is 3.26. The standard InChI is InChI=1S/C20H22N4O3/c1-4-6-13-10-12(7-8-15(13)27-9-5-2)14-11-16(25)22-19-17(14)18(23-24-19)20(26)21-3/h4-5,7-8,10,14H,1-2,6,9,11H2,3H3,(H,21,26)(H2,22,23,24,25)/t14-/m0/s1. The number of hydrogen-bond acceptors (Lipinski definition) is 4. The molecule has 0 spiro atoms. The van der Waals surface area contributed by atoms with Crippen LogP contribution in [-0.2, 0) is 11.2 Å². The van der Waals surface area contributed by atoms with E-state index in [2.05, 4.69) is 34.0 Å². The van der Waals surface area contributed by atoms with Gasteiger partial charge in [-0.3, -0.25) is 14.7 Å².